The van der Waals surface area contributed by atoms with Gasteiger partial charge >= 0.3 is 5.97 Å². The van der Waals surface area contributed by atoms with E-state index in [0.29, 0.717) is 5.56 Å². The Morgan fingerprint density at radius 3 is 2.67 bits per heavy atom. The molecule has 0 atom stereocenters. The number of esters is 1. The van der Waals surface area contributed by atoms with Gasteiger partial charge in [0.15, 0.2) is 17.2 Å². The van der Waals surface area contributed by atoms with Crippen LogP contribution in [-0.4, -0.2) is 22.9 Å². The third kappa shape index (κ3) is 3.06. The summed E-state index contributed by atoms with van der Waals surface area (Å²) in [5, 5.41) is 12.6. The Labute approximate surface area is 120 Å². The monoisotopic (exact) mass is 285 g/mol. The summed E-state index contributed by atoms with van der Waals surface area (Å²) < 4.78 is 11.3. The van der Waals surface area contributed by atoms with Crippen LogP contribution in [0.2, 0.25) is 0 Å². The standard InChI is InChI=1S/C14H11N3O4/c1-17-13(18)6-4-10(16-17)14(19)21-11-5-3-9(8-15)7-12(11)20-2/h3-7H,1-2H3. The number of nitrogens with zero attached hydrogens (tertiary/aromatic N) is 3. The van der Waals surface area contributed by atoms with Crippen molar-refractivity contribution >= 4 is 5.97 Å². The zero-order valence-electron chi connectivity index (χ0n) is 11.4. The summed E-state index contributed by atoms with van der Waals surface area (Å²) in [4.78, 5) is 23.2. The largest absolute Gasteiger partial charge is 0.493 e. The van der Waals surface area contributed by atoms with Crippen molar-refractivity contribution in [2.45, 2.75) is 0 Å². The number of carbonyl (C=O) groups is 1. The van der Waals surface area contributed by atoms with Gasteiger partial charge in [0.05, 0.1) is 18.7 Å². The average Bonchev–Trinajstić information content (AvgIpc) is 2.50. The summed E-state index contributed by atoms with van der Waals surface area (Å²) in [6.07, 6.45) is 0. The molecule has 0 radical (unpaired) electrons. The first-order valence-corrected chi connectivity index (χ1v) is 5.90. The SMILES string of the molecule is COc1cc(C#N)ccc1OC(=O)c1ccc(=O)n(C)n1. The molecule has 2 rings (SSSR count). The van der Waals surface area contributed by atoms with Crippen LogP contribution in [0, 0.1) is 11.3 Å². The molecule has 0 aliphatic rings. The summed E-state index contributed by atoms with van der Waals surface area (Å²) in [5.74, 6) is -0.307. The van der Waals surface area contributed by atoms with E-state index >= 15 is 0 Å². The number of aromatic nitrogens is 2. The molecule has 0 unspecified atom stereocenters. The molecular weight excluding hydrogens is 274 g/mol. The molecule has 7 heteroatoms. The van der Waals surface area contributed by atoms with Crippen LogP contribution in [0.15, 0.2) is 35.1 Å². The number of benzene rings is 1. The zero-order chi connectivity index (χ0) is 15.4. The highest BCUT2D eigenvalue weighted by Gasteiger charge is 2.15. The lowest BCUT2D eigenvalue weighted by Crippen LogP contribution is -2.22. The minimum atomic E-state index is -0.728. The van der Waals surface area contributed by atoms with Gasteiger partial charge in [-0.1, -0.05) is 0 Å². The van der Waals surface area contributed by atoms with Crippen LogP contribution in [0.4, 0.5) is 0 Å². The topological polar surface area (TPSA) is 94.2 Å². The molecule has 0 N–H and O–H groups in total. The predicted octanol–water partition coefficient (Wildman–Crippen LogP) is 0.880. The van der Waals surface area contributed by atoms with Crippen LogP contribution in [-0.2, 0) is 7.05 Å². The van der Waals surface area contributed by atoms with Gasteiger partial charge in [-0.05, 0) is 18.2 Å². The van der Waals surface area contributed by atoms with Gasteiger partial charge in [0.2, 0.25) is 0 Å². The first kappa shape index (κ1) is 14.3. The lowest BCUT2D eigenvalue weighted by atomic mass is 10.2. The summed E-state index contributed by atoms with van der Waals surface area (Å²) >= 11 is 0. The molecule has 1 aromatic heterocycles. The smallest absolute Gasteiger partial charge is 0.364 e. The summed E-state index contributed by atoms with van der Waals surface area (Å²) in [7, 11) is 2.83. The van der Waals surface area contributed by atoms with Crippen LogP contribution in [0.25, 0.3) is 0 Å². The molecule has 21 heavy (non-hydrogen) atoms. The maximum atomic E-state index is 12.0. The van der Waals surface area contributed by atoms with Crippen molar-refractivity contribution in [3.63, 3.8) is 0 Å². The zero-order valence-corrected chi connectivity index (χ0v) is 11.4. The molecule has 7 nitrogen and oxygen atoms in total. The lowest BCUT2D eigenvalue weighted by Gasteiger charge is -2.09. The first-order chi connectivity index (χ1) is 10.0. The van der Waals surface area contributed by atoms with Gasteiger partial charge in [-0.2, -0.15) is 10.4 Å². The highest BCUT2D eigenvalue weighted by atomic mass is 16.6. The van der Waals surface area contributed by atoms with Crippen LogP contribution < -0.4 is 15.0 Å². The fourth-order valence-corrected chi connectivity index (χ4v) is 1.58. The Kier molecular flexibility index (Phi) is 4.00. The van der Waals surface area contributed by atoms with Gasteiger partial charge in [-0.15, -0.1) is 0 Å². The third-order valence-corrected chi connectivity index (χ3v) is 2.66. The van der Waals surface area contributed by atoms with E-state index in [2.05, 4.69) is 5.10 Å². The molecule has 1 heterocycles. The Hall–Kier alpha value is -3.14. The van der Waals surface area contributed by atoms with E-state index in [1.54, 1.807) is 0 Å². The molecule has 0 fully saturated rings. The normalized spacial score (nSPS) is 9.76. The summed E-state index contributed by atoms with van der Waals surface area (Å²) in [5.41, 5.74) is 0.0397. The van der Waals surface area contributed by atoms with Crippen molar-refractivity contribution in [2.75, 3.05) is 7.11 Å². The van der Waals surface area contributed by atoms with Gasteiger partial charge < -0.3 is 9.47 Å². The number of ether oxygens (including phenoxy) is 2. The second-order valence-corrected chi connectivity index (χ2v) is 4.05. The van der Waals surface area contributed by atoms with Crippen molar-refractivity contribution < 1.29 is 14.3 Å². The first-order valence-electron chi connectivity index (χ1n) is 5.90. The van der Waals surface area contributed by atoms with Crippen LogP contribution >= 0.6 is 0 Å². The number of hydrogen-bond acceptors (Lipinski definition) is 6. The molecule has 2 aromatic rings. The number of aryl methyl sites for hydroxylation is 1. The predicted molar refractivity (Wildman–Crippen MR) is 72.1 cm³/mol. The van der Waals surface area contributed by atoms with E-state index in [9.17, 15) is 9.59 Å². The molecule has 0 aliphatic heterocycles. The van der Waals surface area contributed by atoms with Crippen LogP contribution in [0.3, 0.4) is 0 Å². The fourth-order valence-electron chi connectivity index (χ4n) is 1.58. The van der Waals surface area contributed by atoms with Crippen molar-refractivity contribution in [2.24, 2.45) is 7.05 Å². The third-order valence-electron chi connectivity index (χ3n) is 2.66. The Morgan fingerprint density at radius 1 is 1.29 bits per heavy atom. The minimum Gasteiger partial charge on any atom is -0.493 e. The fraction of sp³-hybridized carbons (Fsp3) is 0.143. The van der Waals surface area contributed by atoms with Crippen molar-refractivity contribution in [3.8, 4) is 17.6 Å². The van der Waals surface area contributed by atoms with Crippen LogP contribution in [0.1, 0.15) is 16.1 Å². The van der Waals surface area contributed by atoms with Crippen LogP contribution in [0.5, 0.6) is 11.5 Å². The maximum Gasteiger partial charge on any atom is 0.364 e. The minimum absolute atomic E-state index is 0.0106. The lowest BCUT2D eigenvalue weighted by molar-refractivity contribution is 0.0721. The number of nitriles is 1. The van der Waals surface area contributed by atoms with E-state index in [0.717, 1.165) is 4.68 Å². The quantitative estimate of drug-likeness (QED) is 0.613. The Balaban J connectivity index is 2.29. The maximum absolute atomic E-state index is 12.0. The molecule has 0 aliphatic carbocycles. The molecule has 0 saturated carbocycles. The highest BCUT2D eigenvalue weighted by molar-refractivity contribution is 5.89. The van der Waals surface area contributed by atoms with E-state index in [1.807, 2.05) is 6.07 Å². The summed E-state index contributed by atoms with van der Waals surface area (Å²) in [6, 6.07) is 8.87. The highest BCUT2D eigenvalue weighted by Crippen LogP contribution is 2.28. The van der Waals surface area contributed by atoms with Gasteiger partial charge in [0.25, 0.3) is 5.56 Å². The van der Waals surface area contributed by atoms with Gasteiger partial charge in [0, 0.05) is 19.2 Å². The molecule has 0 spiro atoms. The van der Waals surface area contributed by atoms with E-state index < -0.39 is 5.97 Å². The van der Waals surface area contributed by atoms with E-state index in [4.69, 9.17) is 14.7 Å². The second-order valence-electron chi connectivity index (χ2n) is 4.05. The molecule has 0 saturated heterocycles. The number of rotatable bonds is 3. The van der Waals surface area contributed by atoms with Crippen molar-refractivity contribution in [1.29, 1.82) is 5.26 Å². The van der Waals surface area contributed by atoms with Gasteiger partial charge in [-0.25, -0.2) is 9.48 Å². The number of hydrogen-bond donors (Lipinski definition) is 0. The molecule has 0 bridgehead atoms. The number of methoxy groups -OCH3 is 1. The second kappa shape index (κ2) is 5.88. The van der Waals surface area contributed by atoms with E-state index in [-0.39, 0.29) is 22.8 Å². The molecule has 0 amide bonds. The van der Waals surface area contributed by atoms with E-state index in [1.165, 1.54) is 44.5 Å². The van der Waals surface area contributed by atoms with Gasteiger partial charge in [0.1, 0.15) is 0 Å². The van der Waals surface area contributed by atoms with Gasteiger partial charge in [-0.3, -0.25) is 4.79 Å². The van der Waals surface area contributed by atoms with Crippen molar-refractivity contribution in [1.82, 2.24) is 9.78 Å². The number of carbonyl (C=O) groups excluding carboxylic acids is 1. The molecular formula is C14H11N3O4. The van der Waals surface area contributed by atoms with Crippen molar-refractivity contribution in [3.05, 3.63) is 51.9 Å². The average molecular weight is 285 g/mol. The molecule has 106 valence electrons. The molecule has 1 aromatic carbocycles. The Bertz CT molecular complexity index is 790. The summed E-state index contributed by atoms with van der Waals surface area (Å²) in [6.45, 7) is 0. The Morgan fingerprint density at radius 2 is 2.05 bits per heavy atom.